The van der Waals surface area contributed by atoms with Gasteiger partial charge in [0, 0.05) is 12.6 Å². The van der Waals surface area contributed by atoms with E-state index in [1.165, 1.54) is 12.2 Å². The molecular weight excluding hydrogens is 328 g/mol. The second-order valence-electron chi connectivity index (χ2n) is 7.25. The molecule has 0 rings (SSSR count). The van der Waals surface area contributed by atoms with Gasteiger partial charge in [0.1, 0.15) is 11.2 Å². The fourth-order valence-corrected chi connectivity index (χ4v) is 1.52. The standard InChI is InChI=1S/C17H30N2O6/c1-8-23-13(20)10-9-12(19-15(22)25-17(5,6)7)11-18-14(21)24-16(2,3)4/h9-10,12H,8,11H2,1-7H3,(H,18,21)(H,19,22)/b10-9+/t12-/m1/s1. The lowest BCUT2D eigenvalue weighted by atomic mass is 10.2. The lowest BCUT2D eigenvalue weighted by Crippen LogP contribution is -2.45. The third-order valence-electron chi connectivity index (χ3n) is 2.32. The van der Waals surface area contributed by atoms with E-state index in [2.05, 4.69) is 10.6 Å². The summed E-state index contributed by atoms with van der Waals surface area (Å²) in [5.41, 5.74) is -1.31. The molecule has 0 aromatic carbocycles. The Morgan fingerprint density at radius 3 is 1.96 bits per heavy atom. The highest BCUT2D eigenvalue weighted by Gasteiger charge is 2.20. The highest BCUT2D eigenvalue weighted by Crippen LogP contribution is 2.08. The largest absolute Gasteiger partial charge is 0.463 e. The summed E-state index contributed by atoms with van der Waals surface area (Å²) in [4.78, 5) is 35.0. The lowest BCUT2D eigenvalue weighted by Gasteiger charge is -2.23. The van der Waals surface area contributed by atoms with Gasteiger partial charge in [-0.2, -0.15) is 0 Å². The van der Waals surface area contributed by atoms with Crippen molar-refractivity contribution in [3.63, 3.8) is 0 Å². The molecule has 0 aliphatic rings. The predicted octanol–water partition coefficient (Wildman–Crippen LogP) is 2.52. The van der Waals surface area contributed by atoms with Gasteiger partial charge >= 0.3 is 18.2 Å². The number of rotatable bonds is 6. The maximum Gasteiger partial charge on any atom is 0.408 e. The minimum absolute atomic E-state index is 0.0179. The van der Waals surface area contributed by atoms with Crippen molar-refractivity contribution >= 4 is 18.2 Å². The Balaban J connectivity index is 4.80. The molecule has 0 aromatic heterocycles. The van der Waals surface area contributed by atoms with Crippen LogP contribution < -0.4 is 10.6 Å². The quantitative estimate of drug-likeness (QED) is 0.430. The maximum atomic E-state index is 11.9. The molecule has 144 valence electrons. The minimum atomic E-state index is -0.674. The summed E-state index contributed by atoms with van der Waals surface area (Å²) in [5.74, 6) is -0.546. The number of ether oxygens (including phenoxy) is 3. The van der Waals surface area contributed by atoms with Crippen LogP contribution in [0.2, 0.25) is 0 Å². The Morgan fingerprint density at radius 2 is 1.48 bits per heavy atom. The summed E-state index contributed by atoms with van der Waals surface area (Å²) in [7, 11) is 0. The van der Waals surface area contributed by atoms with Gasteiger partial charge < -0.3 is 24.8 Å². The number of carbonyl (C=O) groups excluding carboxylic acids is 3. The zero-order valence-corrected chi connectivity index (χ0v) is 16.1. The second-order valence-corrected chi connectivity index (χ2v) is 7.25. The van der Waals surface area contributed by atoms with Crippen molar-refractivity contribution < 1.29 is 28.6 Å². The summed E-state index contributed by atoms with van der Waals surface area (Å²) >= 11 is 0. The van der Waals surface area contributed by atoms with Crippen LogP contribution in [-0.4, -0.2) is 48.6 Å². The van der Waals surface area contributed by atoms with Crippen LogP contribution in [0, 0.1) is 0 Å². The Kier molecular flexibility index (Phi) is 9.01. The summed E-state index contributed by atoms with van der Waals surface area (Å²) in [6.07, 6.45) is 1.30. The third-order valence-corrected chi connectivity index (χ3v) is 2.32. The molecule has 0 unspecified atom stereocenters. The molecular formula is C17H30N2O6. The molecule has 0 aliphatic carbocycles. The van der Waals surface area contributed by atoms with E-state index in [9.17, 15) is 14.4 Å². The summed E-state index contributed by atoms with van der Waals surface area (Å²) in [5, 5.41) is 5.09. The fourth-order valence-electron chi connectivity index (χ4n) is 1.52. The molecule has 0 radical (unpaired) electrons. The SMILES string of the molecule is CCOC(=O)/C=C/[C@H](CNC(=O)OC(C)(C)C)NC(=O)OC(C)(C)C. The number of hydrogen-bond acceptors (Lipinski definition) is 6. The van der Waals surface area contributed by atoms with Gasteiger partial charge in [0.2, 0.25) is 0 Å². The molecule has 0 spiro atoms. The maximum absolute atomic E-state index is 11.9. The van der Waals surface area contributed by atoms with Crippen LogP contribution in [0.3, 0.4) is 0 Å². The van der Waals surface area contributed by atoms with E-state index in [1.807, 2.05) is 0 Å². The first-order valence-corrected chi connectivity index (χ1v) is 8.13. The van der Waals surface area contributed by atoms with Gasteiger partial charge in [0.05, 0.1) is 12.6 Å². The van der Waals surface area contributed by atoms with E-state index in [4.69, 9.17) is 14.2 Å². The molecule has 0 aliphatic heterocycles. The first-order chi connectivity index (χ1) is 11.3. The molecule has 8 nitrogen and oxygen atoms in total. The average molecular weight is 358 g/mol. The molecule has 0 bridgehead atoms. The highest BCUT2D eigenvalue weighted by atomic mass is 16.6. The zero-order valence-electron chi connectivity index (χ0n) is 16.1. The van der Waals surface area contributed by atoms with E-state index < -0.39 is 35.4 Å². The first-order valence-electron chi connectivity index (χ1n) is 8.13. The molecule has 0 saturated heterocycles. The van der Waals surface area contributed by atoms with Gasteiger partial charge in [-0.25, -0.2) is 14.4 Å². The van der Waals surface area contributed by atoms with Crippen LogP contribution in [0.25, 0.3) is 0 Å². The topological polar surface area (TPSA) is 103 Å². The van der Waals surface area contributed by atoms with Crippen molar-refractivity contribution in [2.75, 3.05) is 13.2 Å². The van der Waals surface area contributed by atoms with Gasteiger partial charge in [-0.1, -0.05) is 6.08 Å². The molecule has 2 amide bonds. The van der Waals surface area contributed by atoms with Crippen LogP contribution in [0.15, 0.2) is 12.2 Å². The van der Waals surface area contributed by atoms with Crippen molar-refractivity contribution in [1.82, 2.24) is 10.6 Å². The number of alkyl carbamates (subject to hydrolysis) is 2. The van der Waals surface area contributed by atoms with Gasteiger partial charge in [0.15, 0.2) is 0 Å². The smallest absolute Gasteiger partial charge is 0.408 e. The Bertz CT molecular complexity index is 488. The monoisotopic (exact) mass is 358 g/mol. The van der Waals surface area contributed by atoms with Crippen LogP contribution >= 0.6 is 0 Å². The first kappa shape index (κ1) is 22.8. The highest BCUT2D eigenvalue weighted by molar-refractivity contribution is 5.82. The summed E-state index contributed by atoms with van der Waals surface area (Å²) in [6, 6.07) is -0.674. The van der Waals surface area contributed by atoms with Gasteiger partial charge in [-0.15, -0.1) is 0 Å². The molecule has 1 atom stereocenters. The Labute approximate surface area is 149 Å². The zero-order chi connectivity index (χ0) is 19.7. The third kappa shape index (κ3) is 13.8. The van der Waals surface area contributed by atoms with Crippen molar-refractivity contribution in [1.29, 1.82) is 0 Å². The molecule has 0 fully saturated rings. The molecule has 0 saturated carbocycles. The van der Waals surface area contributed by atoms with Gasteiger partial charge in [-0.3, -0.25) is 0 Å². The van der Waals surface area contributed by atoms with Gasteiger partial charge in [-0.05, 0) is 48.5 Å². The molecule has 25 heavy (non-hydrogen) atoms. The number of nitrogens with one attached hydrogen (secondary N) is 2. The average Bonchev–Trinajstić information content (AvgIpc) is 2.38. The van der Waals surface area contributed by atoms with E-state index in [0.29, 0.717) is 0 Å². The normalized spacial score (nSPS) is 13.1. The predicted molar refractivity (Wildman–Crippen MR) is 93.2 cm³/mol. The number of esters is 1. The second kappa shape index (κ2) is 9.90. The summed E-state index contributed by atoms with van der Waals surface area (Å²) < 4.78 is 15.1. The van der Waals surface area contributed by atoms with Crippen molar-refractivity contribution in [3.05, 3.63) is 12.2 Å². The van der Waals surface area contributed by atoms with E-state index in [0.717, 1.165) is 0 Å². The number of carbonyl (C=O) groups is 3. The molecule has 8 heteroatoms. The van der Waals surface area contributed by atoms with Gasteiger partial charge in [0.25, 0.3) is 0 Å². The minimum Gasteiger partial charge on any atom is -0.463 e. The fraction of sp³-hybridized carbons (Fsp3) is 0.706. The van der Waals surface area contributed by atoms with Crippen molar-refractivity contribution in [2.24, 2.45) is 0 Å². The van der Waals surface area contributed by atoms with E-state index in [1.54, 1.807) is 48.5 Å². The van der Waals surface area contributed by atoms with Crippen molar-refractivity contribution in [3.8, 4) is 0 Å². The molecule has 0 aromatic rings. The Hall–Kier alpha value is -2.25. The Morgan fingerprint density at radius 1 is 0.960 bits per heavy atom. The summed E-state index contributed by atoms with van der Waals surface area (Å²) in [6.45, 7) is 12.4. The molecule has 0 heterocycles. The molecule has 2 N–H and O–H groups in total. The van der Waals surface area contributed by atoms with Crippen LogP contribution in [0.4, 0.5) is 9.59 Å². The lowest BCUT2D eigenvalue weighted by molar-refractivity contribution is -0.137. The van der Waals surface area contributed by atoms with E-state index in [-0.39, 0.29) is 13.2 Å². The van der Waals surface area contributed by atoms with E-state index >= 15 is 0 Å². The van der Waals surface area contributed by atoms with Crippen LogP contribution in [0.1, 0.15) is 48.5 Å². The van der Waals surface area contributed by atoms with Crippen LogP contribution in [0.5, 0.6) is 0 Å². The number of amides is 2. The number of hydrogen-bond donors (Lipinski definition) is 2. The van der Waals surface area contributed by atoms with Crippen LogP contribution in [-0.2, 0) is 19.0 Å². The van der Waals surface area contributed by atoms with Crippen molar-refractivity contribution in [2.45, 2.75) is 65.7 Å².